The maximum atomic E-state index is 13.2. The number of carbonyl (C=O) groups is 1. The van der Waals surface area contributed by atoms with Gasteiger partial charge in [-0.15, -0.1) is 11.3 Å². The molecule has 178 valence electrons. The lowest BCUT2D eigenvalue weighted by atomic mass is 9.95. The first kappa shape index (κ1) is 25.3. The lowest BCUT2D eigenvalue weighted by molar-refractivity contribution is 0.103. The molecule has 33 heavy (non-hydrogen) atoms. The predicted molar refractivity (Wildman–Crippen MR) is 135 cm³/mol. The summed E-state index contributed by atoms with van der Waals surface area (Å²) in [6.45, 7) is 16.2. The van der Waals surface area contributed by atoms with Crippen molar-refractivity contribution in [3.63, 3.8) is 0 Å². The number of carbonyl (C=O) groups excluding carboxylic acids is 1. The Morgan fingerprint density at radius 1 is 1.09 bits per heavy atom. The van der Waals surface area contributed by atoms with Crippen molar-refractivity contribution in [1.82, 2.24) is 14.3 Å². The SMILES string of the molecule is CCN(CC)S(=O)(=O)c1ccc(C)c(NC(=O)c2sc3nc(C(C)(C)C)nc(C)c3c2C)c1. The van der Waals surface area contributed by atoms with E-state index >= 15 is 0 Å². The van der Waals surface area contributed by atoms with Crippen LogP contribution < -0.4 is 5.32 Å². The van der Waals surface area contributed by atoms with Crippen LogP contribution in [0.4, 0.5) is 5.69 Å². The molecular weight excluding hydrogens is 456 g/mol. The number of aryl methyl sites for hydroxylation is 3. The van der Waals surface area contributed by atoms with E-state index in [1.165, 1.54) is 21.7 Å². The first-order valence-corrected chi connectivity index (χ1v) is 13.3. The summed E-state index contributed by atoms with van der Waals surface area (Å²) in [5.41, 5.74) is 2.74. The number of hydrogen-bond donors (Lipinski definition) is 1. The largest absolute Gasteiger partial charge is 0.321 e. The molecule has 0 aliphatic rings. The van der Waals surface area contributed by atoms with E-state index in [-0.39, 0.29) is 16.2 Å². The van der Waals surface area contributed by atoms with Gasteiger partial charge in [-0.1, -0.05) is 40.7 Å². The standard InChI is InChI=1S/C24H32N4O3S2/c1-9-28(10-2)33(30,31)17-12-11-14(3)18(13-17)26-21(29)20-15(4)19-16(5)25-23(24(6,7)8)27-22(19)32-20/h11-13H,9-10H2,1-8H3,(H,26,29). The molecule has 0 radical (unpaired) electrons. The Morgan fingerprint density at radius 3 is 2.30 bits per heavy atom. The molecule has 0 atom stereocenters. The molecule has 2 heterocycles. The molecule has 0 aliphatic carbocycles. The van der Waals surface area contributed by atoms with Crippen LogP contribution in [-0.4, -0.2) is 41.7 Å². The second kappa shape index (κ2) is 9.12. The number of hydrogen-bond acceptors (Lipinski definition) is 6. The van der Waals surface area contributed by atoms with E-state index in [1.807, 2.05) is 20.8 Å². The highest BCUT2D eigenvalue weighted by atomic mass is 32.2. The van der Waals surface area contributed by atoms with Gasteiger partial charge in [0, 0.05) is 29.6 Å². The molecule has 1 N–H and O–H groups in total. The number of aromatic nitrogens is 2. The first-order chi connectivity index (χ1) is 15.3. The van der Waals surface area contributed by atoms with Crippen LogP contribution in [-0.2, 0) is 15.4 Å². The van der Waals surface area contributed by atoms with Crippen molar-refractivity contribution in [2.24, 2.45) is 0 Å². The van der Waals surface area contributed by atoms with E-state index < -0.39 is 10.0 Å². The summed E-state index contributed by atoms with van der Waals surface area (Å²) in [6.07, 6.45) is 0. The van der Waals surface area contributed by atoms with Crippen LogP contribution in [0.15, 0.2) is 23.1 Å². The number of anilines is 1. The predicted octanol–water partition coefficient (Wildman–Crippen LogP) is 5.20. The smallest absolute Gasteiger partial charge is 0.266 e. The summed E-state index contributed by atoms with van der Waals surface area (Å²) in [7, 11) is -3.63. The third-order valence-corrected chi connectivity index (χ3v) is 8.88. The highest BCUT2D eigenvalue weighted by Gasteiger charge is 2.25. The van der Waals surface area contributed by atoms with Crippen molar-refractivity contribution >= 4 is 43.2 Å². The third-order valence-electron chi connectivity index (χ3n) is 5.65. The summed E-state index contributed by atoms with van der Waals surface area (Å²) in [6, 6.07) is 4.83. The van der Waals surface area contributed by atoms with Crippen LogP contribution in [0.3, 0.4) is 0 Å². The molecule has 1 amide bonds. The van der Waals surface area contributed by atoms with Gasteiger partial charge in [-0.2, -0.15) is 4.31 Å². The second-order valence-corrected chi connectivity index (χ2v) is 12.1. The zero-order valence-electron chi connectivity index (χ0n) is 20.5. The molecule has 3 rings (SSSR count). The van der Waals surface area contributed by atoms with Crippen molar-refractivity contribution in [2.45, 2.75) is 65.7 Å². The number of thiophene rings is 1. The van der Waals surface area contributed by atoms with Crippen molar-refractivity contribution in [3.05, 3.63) is 45.7 Å². The van der Waals surface area contributed by atoms with Gasteiger partial charge in [0.15, 0.2) is 0 Å². The van der Waals surface area contributed by atoms with Crippen LogP contribution in [0.25, 0.3) is 10.2 Å². The Kier molecular flexibility index (Phi) is 6.98. The average molecular weight is 489 g/mol. The quantitative estimate of drug-likeness (QED) is 0.515. The molecular formula is C24H32N4O3S2. The highest BCUT2D eigenvalue weighted by Crippen LogP contribution is 2.34. The normalized spacial score (nSPS) is 12.5. The molecule has 3 aromatic rings. The van der Waals surface area contributed by atoms with E-state index in [1.54, 1.807) is 26.0 Å². The summed E-state index contributed by atoms with van der Waals surface area (Å²) >= 11 is 1.33. The molecule has 0 saturated carbocycles. The molecule has 0 unspecified atom stereocenters. The average Bonchev–Trinajstić information content (AvgIpc) is 3.06. The van der Waals surface area contributed by atoms with Crippen molar-refractivity contribution in [3.8, 4) is 0 Å². The topological polar surface area (TPSA) is 92.3 Å². The van der Waals surface area contributed by atoms with Crippen molar-refractivity contribution in [1.29, 1.82) is 0 Å². The fourth-order valence-electron chi connectivity index (χ4n) is 3.68. The minimum Gasteiger partial charge on any atom is -0.321 e. The Bertz CT molecular complexity index is 1320. The number of fused-ring (bicyclic) bond motifs is 1. The van der Waals surface area contributed by atoms with E-state index in [0.717, 1.165) is 32.9 Å². The van der Waals surface area contributed by atoms with Gasteiger partial charge in [0.1, 0.15) is 10.7 Å². The number of nitrogens with one attached hydrogen (secondary N) is 1. The number of nitrogens with zero attached hydrogens (tertiary/aromatic N) is 3. The highest BCUT2D eigenvalue weighted by molar-refractivity contribution is 7.89. The molecule has 0 fully saturated rings. The van der Waals surface area contributed by atoms with Gasteiger partial charge in [0.05, 0.1) is 15.5 Å². The van der Waals surface area contributed by atoms with Gasteiger partial charge >= 0.3 is 0 Å². The van der Waals surface area contributed by atoms with E-state index in [9.17, 15) is 13.2 Å². The molecule has 7 nitrogen and oxygen atoms in total. The zero-order chi connectivity index (χ0) is 24.7. The molecule has 0 saturated heterocycles. The summed E-state index contributed by atoms with van der Waals surface area (Å²) in [4.78, 5) is 24.1. The molecule has 0 spiro atoms. The third kappa shape index (κ3) is 4.81. The number of benzene rings is 1. The van der Waals surface area contributed by atoms with Gasteiger partial charge < -0.3 is 5.32 Å². The summed E-state index contributed by atoms with van der Waals surface area (Å²) in [5, 5.41) is 3.82. The summed E-state index contributed by atoms with van der Waals surface area (Å²) in [5.74, 6) is 0.457. The Hall–Kier alpha value is -2.36. The lowest BCUT2D eigenvalue weighted by Crippen LogP contribution is -2.30. The van der Waals surface area contributed by atoms with Crippen molar-refractivity contribution < 1.29 is 13.2 Å². The molecule has 9 heteroatoms. The van der Waals surface area contributed by atoms with Gasteiger partial charge in [-0.25, -0.2) is 18.4 Å². The van der Waals surface area contributed by atoms with E-state index in [4.69, 9.17) is 4.98 Å². The fourth-order valence-corrected chi connectivity index (χ4v) is 6.29. The van der Waals surface area contributed by atoms with Crippen LogP contribution in [0.2, 0.25) is 0 Å². The monoisotopic (exact) mass is 488 g/mol. The molecule has 0 bridgehead atoms. The second-order valence-electron chi connectivity index (χ2n) is 9.14. The van der Waals surface area contributed by atoms with Gasteiger partial charge in [-0.05, 0) is 44.0 Å². The van der Waals surface area contributed by atoms with Gasteiger partial charge in [-0.3, -0.25) is 4.79 Å². The molecule has 1 aromatic carbocycles. The van der Waals surface area contributed by atoms with E-state index in [0.29, 0.717) is 23.7 Å². The Morgan fingerprint density at radius 2 is 1.73 bits per heavy atom. The first-order valence-electron chi connectivity index (χ1n) is 11.0. The van der Waals surface area contributed by atoms with Crippen LogP contribution in [0.5, 0.6) is 0 Å². The molecule has 2 aromatic heterocycles. The minimum absolute atomic E-state index is 0.164. The van der Waals surface area contributed by atoms with Crippen molar-refractivity contribution in [2.75, 3.05) is 18.4 Å². The van der Waals surface area contributed by atoms with Crippen LogP contribution >= 0.6 is 11.3 Å². The zero-order valence-corrected chi connectivity index (χ0v) is 22.2. The molecule has 0 aliphatic heterocycles. The Labute approximate surface area is 200 Å². The van der Waals surface area contributed by atoms with E-state index in [2.05, 4.69) is 31.1 Å². The van der Waals surface area contributed by atoms with Crippen LogP contribution in [0.1, 0.15) is 66.9 Å². The Balaban J connectivity index is 2.01. The van der Waals surface area contributed by atoms with Gasteiger partial charge in [0.25, 0.3) is 5.91 Å². The number of rotatable bonds is 6. The number of amides is 1. The van der Waals surface area contributed by atoms with Crippen LogP contribution in [0, 0.1) is 20.8 Å². The maximum Gasteiger partial charge on any atom is 0.266 e. The lowest BCUT2D eigenvalue weighted by Gasteiger charge is -2.19. The summed E-state index contributed by atoms with van der Waals surface area (Å²) < 4.78 is 27.3. The minimum atomic E-state index is -3.63. The fraction of sp³-hybridized carbons (Fsp3) is 0.458. The number of sulfonamides is 1. The maximum absolute atomic E-state index is 13.2. The van der Waals surface area contributed by atoms with Gasteiger partial charge in [0.2, 0.25) is 10.0 Å².